The lowest BCUT2D eigenvalue weighted by Crippen LogP contribution is -2.55. The van der Waals surface area contributed by atoms with Crippen LogP contribution >= 0.6 is 0 Å². The SMILES string of the molecule is Cc1cc(CN2C(=O)C(C3=NS(=O)(=O)c4cc(CS(C)(=O)=O)ccc4N3)=C(O)C3C2[C@@H]2CC[C@H]3O2)ccc1F. The van der Waals surface area contributed by atoms with Gasteiger partial charge in [-0.05, 0) is 54.7 Å². The molecule has 0 aliphatic carbocycles. The van der Waals surface area contributed by atoms with Gasteiger partial charge < -0.3 is 20.1 Å². The molecule has 4 aliphatic heterocycles. The van der Waals surface area contributed by atoms with Crippen LogP contribution in [-0.4, -0.2) is 63.1 Å². The van der Waals surface area contributed by atoms with Crippen molar-refractivity contribution in [3.05, 3.63) is 70.2 Å². The fraction of sp³-hybridized carbons (Fsp3) is 0.385. The number of amides is 1. The summed E-state index contributed by atoms with van der Waals surface area (Å²) < 4.78 is 73.6. The van der Waals surface area contributed by atoms with Crippen molar-refractivity contribution >= 4 is 37.3 Å². The molecule has 0 spiro atoms. The third-order valence-electron chi connectivity index (χ3n) is 7.67. The summed E-state index contributed by atoms with van der Waals surface area (Å²) in [5, 5.41) is 14.2. The van der Waals surface area contributed by atoms with Gasteiger partial charge in [0.1, 0.15) is 22.0 Å². The Balaban J connectivity index is 1.41. The number of nitrogens with zero attached hydrogens (tertiary/aromatic N) is 2. The molecule has 2 saturated heterocycles. The molecule has 1 amide bonds. The fourth-order valence-electron chi connectivity index (χ4n) is 6.05. The number of benzene rings is 2. The number of carbonyl (C=O) groups excluding carboxylic acids is 1. The minimum Gasteiger partial charge on any atom is -0.511 e. The van der Waals surface area contributed by atoms with Gasteiger partial charge in [-0.1, -0.05) is 18.2 Å². The van der Waals surface area contributed by atoms with Crippen molar-refractivity contribution in [2.45, 2.75) is 55.2 Å². The number of fused-ring (bicyclic) bond motifs is 6. The second-order valence-corrected chi connectivity index (χ2v) is 14.2. The van der Waals surface area contributed by atoms with Crippen molar-refractivity contribution in [1.29, 1.82) is 0 Å². The molecule has 0 radical (unpaired) electrons. The number of aliphatic hydroxyl groups is 1. The predicted molar refractivity (Wildman–Crippen MR) is 140 cm³/mol. The van der Waals surface area contributed by atoms with Crippen LogP contribution in [0.15, 0.2) is 57.0 Å². The molecular weight excluding hydrogens is 549 g/mol. The quantitative estimate of drug-likeness (QED) is 0.554. The van der Waals surface area contributed by atoms with E-state index in [1.807, 2.05) is 0 Å². The number of ether oxygens (including phenoxy) is 1. The molecule has 4 atom stereocenters. The molecule has 4 aliphatic rings. The number of aliphatic hydroxyl groups excluding tert-OH is 1. The normalized spacial score (nSPS) is 27.2. The lowest BCUT2D eigenvalue weighted by atomic mass is 9.77. The molecule has 2 unspecified atom stereocenters. The number of hydrogen-bond acceptors (Lipinski definition) is 8. The molecule has 13 heteroatoms. The number of nitrogens with one attached hydrogen (secondary N) is 1. The molecule has 2 N–H and O–H groups in total. The monoisotopic (exact) mass is 575 g/mol. The molecule has 6 rings (SSSR count). The van der Waals surface area contributed by atoms with E-state index in [1.54, 1.807) is 24.0 Å². The average Bonchev–Trinajstić information content (AvgIpc) is 3.46. The van der Waals surface area contributed by atoms with Crippen LogP contribution in [0.25, 0.3) is 0 Å². The molecule has 39 heavy (non-hydrogen) atoms. The zero-order chi connectivity index (χ0) is 27.9. The number of amidine groups is 1. The lowest BCUT2D eigenvalue weighted by molar-refractivity contribution is -0.133. The number of hydrogen-bond donors (Lipinski definition) is 2. The van der Waals surface area contributed by atoms with Gasteiger partial charge in [0, 0.05) is 12.8 Å². The second kappa shape index (κ2) is 8.86. The summed E-state index contributed by atoms with van der Waals surface area (Å²) in [6.45, 7) is 1.73. The van der Waals surface area contributed by atoms with Crippen LogP contribution in [0.1, 0.15) is 29.5 Å². The van der Waals surface area contributed by atoms with E-state index in [1.165, 1.54) is 24.3 Å². The average molecular weight is 576 g/mol. The van der Waals surface area contributed by atoms with E-state index in [0.29, 0.717) is 17.5 Å². The lowest BCUT2D eigenvalue weighted by Gasteiger charge is -2.42. The molecule has 2 bridgehead atoms. The highest BCUT2D eigenvalue weighted by atomic mass is 32.2. The van der Waals surface area contributed by atoms with E-state index in [-0.39, 0.29) is 63.6 Å². The number of carbonyl (C=O) groups is 1. The van der Waals surface area contributed by atoms with E-state index in [0.717, 1.165) is 12.7 Å². The van der Waals surface area contributed by atoms with Gasteiger partial charge in [-0.25, -0.2) is 12.8 Å². The number of rotatable bonds is 5. The van der Waals surface area contributed by atoms with Crippen LogP contribution in [-0.2, 0) is 41.7 Å². The third-order valence-corrected chi connectivity index (χ3v) is 9.84. The first-order chi connectivity index (χ1) is 18.3. The molecule has 2 aromatic carbocycles. The zero-order valence-corrected chi connectivity index (χ0v) is 22.7. The fourth-order valence-corrected chi connectivity index (χ4v) is 8.01. The summed E-state index contributed by atoms with van der Waals surface area (Å²) in [6.07, 6.45) is 1.83. The van der Waals surface area contributed by atoms with Gasteiger partial charge in [-0.15, -0.1) is 4.40 Å². The predicted octanol–water partition coefficient (Wildman–Crippen LogP) is 2.59. The summed E-state index contributed by atoms with van der Waals surface area (Å²) in [5.41, 5.74) is 1.23. The Kier molecular flexibility index (Phi) is 5.90. The molecule has 4 heterocycles. The van der Waals surface area contributed by atoms with Crippen LogP contribution in [0.4, 0.5) is 10.1 Å². The van der Waals surface area contributed by atoms with Crippen LogP contribution in [0.3, 0.4) is 0 Å². The molecular formula is C26H26FN3O7S2. The number of anilines is 1. The summed E-state index contributed by atoms with van der Waals surface area (Å²) in [4.78, 5) is 15.3. The van der Waals surface area contributed by atoms with Gasteiger partial charge in [0.25, 0.3) is 15.9 Å². The number of halogens is 1. The number of sulfone groups is 1. The largest absolute Gasteiger partial charge is 0.511 e. The van der Waals surface area contributed by atoms with Crippen molar-refractivity contribution < 1.29 is 35.9 Å². The van der Waals surface area contributed by atoms with Crippen LogP contribution in [0.2, 0.25) is 0 Å². The Morgan fingerprint density at radius 1 is 1.15 bits per heavy atom. The highest BCUT2D eigenvalue weighted by Gasteiger charge is 2.58. The topological polar surface area (TPSA) is 142 Å². The third kappa shape index (κ3) is 4.42. The summed E-state index contributed by atoms with van der Waals surface area (Å²) in [7, 11) is -7.75. The van der Waals surface area contributed by atoms with Crippen LogP contribution in [0.5, 0.6) is 0 Å². The zero-order valence-electron chi connectivity index (χ0n) is 21.1. The molecule has 0 saturated carbocycles. The number of aryl methyl sites for hydroxylation is 1. The Labute approximate surface area is 225 Å². The van der Waals surface area contributed by atoms with E-state index >= 15 is 0 Å². The van der Waals surface area contributed by atoms with Crippen LogP contribution < -0.4 is 5.32 Å². The van der Waals surface area contributed by atoms with Gasteiger partial charge in [0.15, 0.2) is 15.7 Å². The Morgan fingerprint density at radius 3 is 2.59 bits per heavy atom. The molecule has 10 nitrogen and oxygen atoms in total. The summed E-state index contributed by atoms with van der Waals surface area (Å²) in [5.74, 6) is -2.49. The minimum atomic E-state index is -4.34. The second-order valence-electron chi connectivity index (χ2n) is 10.5. The Hall–Kier alpha value is -3.29. The maximum absolute atomic E-state index is 13.9. The van der Waals surface area contributed by atoms with Crippen molar-refractivity contribution in [2.24, 2.45) is 10.3 Å². The highest BCUT2D eigenvalue weighted by Crippen LogP contribution is 2.48. The van der Waals surface area contributed by atoms with E-state index in [2.05, 4.69) is 9.71 Å². The van der Waals surface area contributed by atoms with E-state index in [4.69, 9.17) is 4.74 Å². The molecule has 2 aromatic rings. The minimum absolute atomic E-state index is 0.107. The maximum Gasteiger partial charge on any atom is 0.286 e. The molecule has 0 aromatic heterocycles. The first kappa shape index (κ1) is 26.0. The highest BCUT2D eigenvalue weighted by molar-refractivity contribution is 7.90. The van der Waals surface area contributed by atoms with Crippen molar-refractivity contribution in [1.82, 2.24) is 4.90 Å². The van der Waals surface area contributed by atoms with Crippen molar-refractivity contribution in [2.75, 3.05) is 11.6 Å². The smallest absolute Gasteiger partial charge is 0.286 e. The standard InChI is InChI=1S/C26H26FN3O7S2/c1-13-9-14(3-5-16(13)27)11-30-23-19-8-7-18(37-19)21(23)24(31)22(26(30)32)25-28-17-6-4-15(12-38(2,33)34)10-20(17)39(35,36)29-25/h3-6,9-10,18-19,21,23,31H,7-8,11-12H2,1-2H3,(H,28,29)/t18-,19+,21?,23?/m1/s1. The van der Waals surface area contributed by atoms with Gasteiger partial charge in [-0.3, -0.25) is 4.79 Å². The first-order valence-corrected chi connectivity index (χ1v) is 15.9. The summed E-state index contributed by atoms with van der Waals surface area (Å²) >= 11 is 0. The Morgan fingerprint density at radius 2 is 1.87 bits per heavy atom. The number of sulfonamides is 1. The van der Waals surface area contributed by atoms with Gasteiger partial charge in [-0.2, -0.15) is 8.42 Å². The molecule has 206 valence electrons. The molecule has 2 fully saturated rings. The van der Waals surface area contributed by atoms with E-state index in [9.17, 15) is 31.1 Å². The van der Waals surface area contributed by atoms with Crippen molar-refractivity contribution in [3.8, 4) is 0 Å². The van der Waals surface area contributed by atoms with Crippen molar-refractivity contribution in [3.63, 3.8) is 0 Å². The van der Waals surface area contributed by atoms with Crippen LogP contribution in [0, 0.1) is 18.7 Å². The Bertz CT molecular complexity index is 1700. The van der Waals surface area contributed by atoms with Gasteiger partial charge in [0.05, 0.1) is 35.6 Å². The maximum atomic E-state index is 13.9. The first-order valence-electron chi connectivity index (χ1n) is 12.4. The van der Waals surface area contributed by atoms with E-state index < -0.39 is 37.7 Å². The van der Waals surface area contributed by atoms with Gasteiger partial charge in [0.2, 0.25) is 0 Å². The van der Waals surface area contributed by atoms with Gasteiger partial charge >= 0.3 is 0 Å². The summed E-state index contributed by atoms with van der Waals surface area (Å²) in [6, 6.07) is 8.23.